The number of rotatable bonds is 4. The van der Waals surface area contributed by atoms with Crippen LogP contribution in [0.5, 0.6) is 0 Å². The summed E-state index contributed by atoms with van der Waals surface area (Å²) in [6.45, 7) is 2.81. The summed E-state index contributed by atoms with van der Waals surface area (Å²) in [5.74, 6) is 0. The molecule has 2 unspecified atom stereocenters. The fraction of sp³-hybridized carbons (Fsp3) is 0.500. The minimum absolute atomic E-state index is 0.0142. The van der Waals surface area contributed by atoms with Gasteiger partial charge in [-0.3, -0.25) is 0 Å². The van der Waals surface area contributed by atoms with Crippen molar-refractivity contribution in [3.8, 4) is 0 Å². The van der Waals surface area contributed by atoms with E-state index in [0.717, 1.165) is 19.4 Å². The number of ether oxygens (including phenoxy) is 1. The van der Waals surface area contributed by atoms with Crippen molar-refractivity contribution in [3.63, 3.8) is 0 Å². The van der Waals surface area contributed by atoms with Gasteiger partial charge in [0.1, 0.15) is 0 Å². The molecule has 5 N–H and O–H groups in total. The van der Waals surface area contributed by atoms with Gasteiger partial charge in [0, 0.05) is 12.6 Å². The molecule has 2 rings (SSSR count). The van der Waals surface area contributed by atoms with Gasteiger partial charge in [0.15, 0.2) is 0 Å². The SMILES string of the molecule is CC(Nc1ccc(S(N)(=O)=O)cc1N)C1CCCO1. The Morgan fingerprint density at radius 1 is 1.47 bits per heavy atom. The van der Waals surface area contributed by atoms with Crippen LogP contribution in [0.2, 0.25) is 0 Å². The molecule has 1 fully saturated rings. The molecule has 7 heteroatoms. The largest absolute Gasteiger partial charge is 0.397 e. The van der Waals surface area contributed by atoms with Crippen LogP contribution in [-0.4, -0.2) is 27.2 Å². The van der Waals surface area contributed by atoms with Crippen LogP contribution in [0.4, 0.5) is 11.4 Å². The smallest absolute Gasteiger partial charge is 0.238 e. The zero-order valence-corrected chi connectivity index (χ0v) is 11.6. The Bertz CT molecular complexity index is 553. The number of benzene rings is 1. The molecular formula is C12H19N3O3S. The second-order valence-corrected chi connectivity index (χ2v) is 6.34. The average Bonchev–Trinajstić information content (AvgIpc) is 2.84. The van der Waals surface area contributed by atoms with E-state index in [4.69, 9.17) is 15.6 Å². The summed E-state index contributed by atoms with van der Waals surface area (Å²) in [6, 6.07) is 4.54. The average molecular weight is 285 g/mol. The molecular weight excluding hydrogens is 266 g/mol. The van der Waals surface area contributed by atoms with E-state index in [0.29, 0.717) is 11.4 Å². The lowest BCUT2D eigenvalue weighted by atomic mass is 10.1. The Labute approximate surface area is 113 Å². The van der Waals surface area contributed by atoms with Crippen LogP contribution in [0, 0.1) is 0 Å². The molecule has 1 saturated heterocycles. The number of nitrogens with one attached hydrogen (secondary N) is 1. The van der Waals surface area contributed by atoms with Crippen LogP contribution >= 0.6 is 0 Å². The van der Waals surface area contributed by atoms with Crippen molar-refractivity contribution in [2.45, 2.75) is 36.8 Å². The van der Waals surface area contributed by atoms with Gasteiger partial charge in [0.25, 0.3) is 0 Å². The zero-order chi connectivity index (χ0) is 14.0. The first kappa shape index (κ1) is 14.1. The quantitative estimate of drug-likeness (QED) is 0.712. The molecule has 1 aliphatic rings. The van der Waals surface area contributed by atoms with E-state index < -0.39 is 10.0 Å². The minimum Gasteiger partial charge on any atom is -0.397 e. The maximum atomic E-state index is 11.2. The van der Waals surface area contributed by atoms with E-state index in [9.17, 15) is 8.42 Å². The normalized spacial score (nSPS) is 21.3. The molecule has 0 aromatic heterocycles. The first-order valence-corrected chi connectivity index (χ1v) is 7.73. The third-order valence-corrected chi connectivity index (χ3v) is 4.17. The predicted octanol–water partition coefficient (Wildman–Crippen LogP) is 0.896. The standard InChI is InChI=1S/C12H19N3O3S/c1-8(12-3-2-6-18-12)15-11-5-4-9(7-10(11)13)19(14,16)17/h4-5,7-8,12,15H,2-3,6,13H2,1H3,(H2,14,16,17). The highest BCUT2D eigenvalue weighted by Gasteiger charge is 2.22. The summed E-state index contributed by atoms with van der Waals surface area (Å²) in [5, 5.41) is 8.30. The number of hydrogen-bond acceptors (Lipinski definition) is 5. The van der Waals surface area contributed by atoms with E-state index in [1.165, 1.54) is 12.1 Å². The van der Waals surface area contributed by atoms with E-state index in [-0.39, 0.29) is 17.0 Å². The van der Waals surface area contributed by atoms with E-state index >= 15 is 0 Å². The van der Waals surface area contributed by atoms with Crippen LogP contribution in [0.25, 0.3) is 0 Å². The summed E-state index contributed by atoms with van der Waals surface area (Å²) in [7, 11) is -3.72. The van der Waals surface area contributed by atoms with Crippen molar-refractivity contribution in [3.05, 3.63) is 18.2 Å². The first-order chi connectivity index (χ1) is 8.88. The monoisotopic (exact) mass is 285 g/mol. The molecule has 1 aromatic carbocycles. The lowest BCUT2D eigenvalue weighted by molar-refractivity contribution is 0.0997. The molecule has 0 aliphatic carbocycles. The van der Waals surface area contributed by atoms with Gasteiger partial charge in [-0.25, -0.2) is 13.6 Å². The van der Waals surface area contributed by atoms with Crippen LogP contribution < -0.4 is 16.2 Å². The van der Waals surface area contributed by atoms with Crippen LogP contribution in [0.3, 0.4) is 0 Å². The third-order valence-electron chi connectivity index (χ3n) is 3.26. The first-order valence-electron chi connectivity index (χ1n) is 6.18. The van der Waals surface area contributed by atoms with Gasteiger partial charge in [0.2, 0.25) is 10.0 Å². The van der Waals surface area contributed by atoms with Crippen molar-refractivity contribution in [1.82, 2.24) is 0 Å². The fourth-order valence-corrected chi connectivity index (χ4v) is 2.73. The highest BCUT2D eigenvalue weighted by atomic mass is 32.2. The lowest BCUT2D eigenvalue weighted by Gasteiger charge is -2.22. The lowest BCUT2D eigenvalue weighted by Crippen LogP contribution is -2.30. The molecule has 1 heterocycles. The predicted molar refractivity (Wildman–Crippen MR) is 74.3 cm³/mol. The number of nitrogens with two attached hydrogens (primary N) is 2. The summed E-state index contributed by atoms with van der Waals surface area (Å²) >= 11 is 0. The molecule has 1 aromatic rings. The third kappa shape index (κ3) is 3.37. The van der Waals surface area contributed by atoms with Crippen LogP contribution in [0.1, 0.15) is 19.8 Å². The molecule has 0 amide bonds. The molecule has 106 valence electrons. The molecule has 1 aliphatic heterocycles. The summed E-state index contributed by atoms with van der Waals surface area (Å²) < 4.78 is 28.0. The number of hydrogen-bond donors (Lipinski definition) is 3. The van der Waals surface area contributed by atoms with Crippen molar-refractivity contribution in [2.24, 2.45) is 5.14 Å². The molecule has 0 spiro atoms. The Balaban J connectivity index is 2.13. The zero-order valence-electron chi connectivity index (χ0n) is 10.8. The number of anilines is 2. The summed E-state index contributed by atoms with van der Waals surface area (Å²) in [5.41, 5.74) is 6.89. The van der Waals surface area contributed by atoms with Gasteiger partial charge in [-0.15, -0.1) is 0 Å². The molecule has 0 radical (unpaired) electrons. The van der Waals surface area contributed by atoms with Crippen LogP contribution in [0.15, 0.2) is 23.1 Å². The number of nitrogen functional groups attached to an aromatic ring is 1. The molecule has 6 nitrogen and oxygen atoms in total. The van der Waals surface area contributed by atoms with Crippen LogP contribution in [-0.2, 0) is 14.8 Å². The molecule has 19 heavy (non-hydrogen) atoms. The Hall–Kier alpha value is -1.31. The minimum atomic E-state index is -3.72. The Kier molecular flexibility index (Phi) is 3.98. The van der Waals surface area contributed by atoms with Gasteiger partial charge in [0.05, 0.1) is 22.4 Å². The molecule has 0 bridgehead atoms. The Morgan fingerprint density at radius 3 is 2.74 bits per heavy atom. The van der Waals surface area contributed by atoms with Gasteiger partial charge in [-0.05, 0) is 38.0 Å². The molecule has 0 saturated carbocycles. The number of sulfonamides is 1. The van der Waals surface area contributed by atoms with Crippen molar-refractivity contribution >= 4 is 21.4 Å². The van der Waals surface area contributed by atoms with E-state index in [2.05, 4.69) is 5.32 Å². The summed E-state index contributed by atoms with van der Waals surface area (Å²) in [6.07, 6.45) is 2.25. The van der Waals surface area contributed by atoms with E-state index in [1.807, 2.05) is 6.92 Å². The second kappa shape index (κ2) is 5.36. The van der Waals surface area contributed by atoms with E-state index in [1.54, 1.807) is 6.07 Å². The van der Waals surface area contributed by atoms with Gasteiger partial charge in [-0.1, -0.05) is 0 Å². The highest BCUT2D eigenvalue weighted by Crippen LogP contribution is 2.25. The maximum Gasteiger partial charge on any atom is 0.238 e. The maximum absolute atomic E-state index is 11.2. The van der Waals surface area contributed by atoms with Gasteiger partial charge >= 0.3 is 0 Å². The highest BCUT2D eigenvalue weighted by molar-refractivity contribution is 7.89. The van der Waals surface area contributed by atoms with Gasteiger partial charge in [-0.2, -0.15) is 0 Å². The summed E-state index contributed by atoms with van der Waals surface area (Å²) in [4.78, 5) is 0.0142. The topological polar surface area (TPSA) is 107 Å². The fourth-order valence-electron chi connectivity index (χ4n) is 2.18. The van der Waals surface area contributed by atoms with Crippen molar-refractivity contribution in [1.29, 1.82) is 0 Å². The number of primary sulfonamides is 1. The molecule has 2 atom stereocenters. The second-order valence-electron chi connectivity index (χ2n) is 4.78. The van der Waals surface area contributed by atoms with Crippen molar-refractivity contribution in [2.75, 3.05) is 17.7 Å². The van der Waals surface area contributed by atoms with Gasteiger partial charge < -0.3 is 15.8 Å². The van der Waals surface area contributed by atoms with Crippen molar-refractivity contribution < 1.29 is 13.2 Å². The Morgan fingerprint density at radius 2 is 2.21 bits per heavy atom.